The Bertz CT molecular complexity index is 712. The molecule has 0 atom stereocenters. The van der Waals surface area contributed by atoms with E-state index in [0.717, 1.165) is 5.56 Å². The number of carbonyl (C=O) groups is 2. The summed E-state index contributed by atoms with van der Waals surface area (Å²) in [6.07, 6.45) is 1.49. The van der Waals surface area contributed by atoms with Crippen LogP contribution in [-0.2, 0) is 4.79 Å². The largest absolute Gasteiger partial charge is 0.423 e. The Kier molecular flexibility index (Phi) is 5.27. The SMILES string of the molecule is CC(=O)N/N=C/c1ccc(OC(=O)c2ccccc2Cl)cc1. The Morgan fingerprint density at radius 1 is 1.14 bits per heavy atom. The van der Waals surface area contributed by atoms with Crippen LogP contribution in [0.3, 0.4) is 0 Å². The average Bonchev–Trinajstić information content (AvgIpc) is 2.49. The molecule has 112 valence electrons. The Labute approximate surface area is 132 Å². The molecule has 22 heavy (non-hydrogen) atoms. The number of rotatable bonds is 4. The molecule has 0 fully saturated rings. The highest BCUT2D eigenvalue weighted by Gasteiger charge is 2.11. The van der Waals surface area contributed by atoms with Crippen LogP contribution in [0.15, 0.2) is 53.6 Å². The summed E-state index contributed by atoms with van der Waals surface area (Å²) in [5.74, 6) is -0.381. The van der Waals surface area contributed by atoms with Gasteiger partial charge >= 0.3 is 5.97 Å². The number of esters is 1. The summed E-state index contributed by atoms with van der Waals surface area (Å²) in [5.41, 5.74) is 3.36. The van der Waals surface area contributed by atoms with Crippen LogP contribution in [0, 0.1) is 0 Å². The zero-order valence-corrected chi connectivity index (χ0v) is 12.5. The van der Waals surface area contributed by atoms with Crippen molar-refractivity contribution in [2.24, 2.45) is 5.10 Å². The predicted molar refractivity (Wildman–Crippen MR) is 84.3 cm³/mol. The van der Waals surface area contributed by atoms with E-state index in [4.69, 9.17) is 16.3 Å². The molecule has 2 aromatic carbocycles. The average molecular weight is 317 g/mol. The van der Waals surface area contributed by atoms with Gasteiger partial charge in [-0.25, -0.2) is 10.2 Å². The van der Waals surface area contributed by atoms with Crippen LogP contribution in [0.4, 0.5) is 0 Å². The van der Waals surface area contributed by atoms with Gasteiger partial charge in [-0.1, -0.05) is 23.7 Å². The van der Waals surface area contributed by atoms with Gasteiger partial charge in [0.25, 0.3) is 0 Å². The monoisotopic (exact) mass is 316 g/mol. The highest BCUT2D eigenvalue weighted by molar-refractivity contribution is 6.33. The van der Waals surface area contributed by atoms with Crippen molar-refractivity contribution in [3.05, 3.63) is 64.7 Å². The fourth-order valence-corrected chi connectivity index (χ4v) is 1.82. The number of halogens is 1. The lowest BCUT2D eigenvalue weighted by molar-refractivity contribution is -0.118. The maximum absolute atomic E-state index is 12.0. The summed E-state index contributed by atoms with van der Waals surface area (Å²) in [7, 11) is 0. The van der Waals surface area contributed by atoms with Gasteiger partial charge in [0.15, 0.2) is 0 Å². The fourth-order valence-electron chi connectivity index (χ4n) is 1.61. The molecule has 6 heteroatoms. The highest BCUT2D eigenvalue weighted by atomic mass is 35.5. The third kappa shape index (κ3) is 4.43. The summed E-state index contributed by atoms with van der Waals surface area (Å²) in [6, 6.07) is 13.3. The summed E-state index contributed by atoms with van der Waals surface area (Å²) in [6.45, 7) is 1.37. The van der Waals surface area contributed by atoms with Crippen LogP contribution in [0.5, 0.6) is 5.75 Å². The second-order valence-corrected chi connectivity index (χ2v) is 4.77. The molecule has 5 nitrogen and oxygen atoms in total. The highest BCUT2D eigenvalue weighted by Crippen LogP contribution is 2.18. The van der Waals surface area contributed by atoms with Crippen LogP contribution >= 0.6 is 11.6 Å². The van der Waals surface area contributed by atoms with Gasteiger partial charge in [0.1, 0.15) is 5.75 Å². The molecule has 0 saturated heterocycles. The Hall–Kier alpha value is -2.66. The molecule has 1 amide bonds. The normalized spacial score (nSPS) is 10.5. The molecule has 0 bridgehead atoms. The van der Waals surface area contributed by atoms with Gasteiger partial charge in [-0.15, -0.1) is 0 Å². The second-order valence-electron chi connectivity index (χ2n) is 4.36. The maximum Gasteiger partial charge on any atom is 0.345 e. The van der Waals surface area contributed by atoms with Crippen molar-refractivity contribution in [2.45, 2.75) is 6.92 Å². The molecule has 2 rings (SSSR count). The van der Waals surface area contributed by atoms with Gasteiger partial charge in [-0.3, -0.25) is 4.79 Å². The molecule has 0 saturated carbocycles. The minimum atomic E-state index is -0.523. The van der Waals surface area contributed by atoms with Gasteiger partial charge in [-0.2, -0.15) is 5.10 Å². The van der Waals surface area contributed by atoms with Gasteiger partial charge < -0.3 is 4.74 Å². The minimum Gasteiger partial charge on any atom is -0.423 e. The first kappa shape index (κ1) is 15.7. The van der Waals surface area contributed by atoms with Gasteiger partial charge in [0, 0.05) is 6.92 Å². The number of benzene rings is 2. The van der Waals surface area contributed by atoms with E-state index in [-0.39, 0.29) is 5.91 Å². The first-order valence-corrected chi connectivity index (χ1v) is 6.80. The lowest BCUT2D eigenvalue weighted by Gasteiger charge is -2.05. The molecule has 0 heterocycles. The van der Waals surface area contributed by atoms with Crippen molar-refractivity contribution in [3.63, 3.8) is 0 Å². The molecule has 0 unspecified atom stereocenters. The summed E-state index contributed by atoms with van der Waals surface area (Å²) in [5, 5.41) is 4.08. The Morgan fingerprint density at radius 2 is 1.82 bits per heavy atom. The molecule has 2 aromatic rings. The number of ether oxygens (including phenoxy) is 1. The molecule has 0 radical (unpaired) electrons. The van der Waals surface area contributed by atoms with E-state index in [9.17, 15) is 9.59 Å². The molecule has 0 aliphatic rings. The van der Waals surface area contributed by atoms with Crippen LogP contribution in [0.25, 0.3) is 0 Å². The molecule has 0 aliphatic heterocycles. The molecule has 0 aliphatic carbocycles. The van der Waals surface area contributed by atoms with Gasteiger partial charge in [0.05, 0.1) is 16.8 Å². The number of amides is 1. The van der Waals surface area contributed by atoms with Crippen LogP contribution in [-0.4, -0.2) is 18.1 Å². The van der Waals surface area contributed by atoms with Gasteiger partial charge in [-0.05, 0) is 42.0 Å². The first-order chi connectivity index (χ1) is 10.6. The smallest absolute Gasteiger partial charge is 0.345 e. The van der Waals surface area contributed by atoms with Crippen molar-refractivity contribution < 1.29 is 14.3 Å². The van der Waals surface area contributed by atoms with Gasteiger partial charge in [0.2, 0.25) is 5.91 Å². The third-order valence-corrected chi connectivity index (χ3v) is 2.95. The topological polar surface area (TPSA) is 67.8 Å². The van der Waals surface area contributed by atoms with Crippen LogP contribution in [0.2, 0.25) is 5.02 Å². The molecule has 0 aromatic heterocycles. The second kappa shape index (κ2) is 7.38. The molecule has 0 spiro atoms. The minimum absolute atomic E-state index is 0.249. The number of hydrogen-bond acceptors (Lipinski definition) is 4. The summed E-state index contributed by atoms with van der Waals surface area (Å²) in [4.78, 5) is 22.7. The van der Waals surface area contributed by atoms with E-state index in [2.05, 4.69) is 10.5 Å². The number of carbonyl (C=O) groups excluding carboxylic acids is 2. The number of nitrogens with zero attached hydrogens (tertiary/aromatic N) is 1. The summed E-state index contributed by atoms with van der Waals surface area (Å²) < 4.78 is 5.24. The molecule has 1 N–H and O–H groups in total. The van der Waals surface area contributed by atoms with E-state index in [1.54, 1.807) is 48.5 Å². The lowest BCUT2D eigenvalue weighted by Crippen LogP contribution is -2.12. The Balaban J connectivity index is 2.02. The Morgan fingerprint density at radius 3 is 2.45 bits per heavy atom. The number of hydrazone groups is 1. The zero-order valence-electron chi connectivity index (χ0n) is 11.7. The summed E-state index contributed by atoms with van der Waals surface area (Å²) >= 11 is 5.94. The fraction of sp³-hybridized carbons (Fsp3) is 0.0625. The number of nitrogens with one attached hydrogen (secondary N) is 1. The lowest BCUT2D eigenvalue weighted by atomic mass is 10.2. The molecular weight excluding hydrogens is 304 g/mol. The van der Waals surface area contributed by atoms with Crippen molar-refractivity contribution in [3.8, 4) is 5.75 Å². The van der Waals surface area contributed by atoms with Crippen LogP contribution < -0.4 is 10.2 Å². The van der Waals surface area contributed by atoms with E-state index in [1.807, 2.05) is 0 Å². The van der Waals surface area contributed by atoms with Crippen molar-refractivity contribution in [2.75, 3.05) is 0 Å². The quantitative estimate of drug-likeness (QED) is 0.408. The van der Waals surface area contributed by atoms with E-state index >= 15 is 0 Å². The number of hydrogen-bond donors (Lipinski definition) is 1. The van der Waals surface area contributed by atoms with E-state index < -0.39 is 5.97 Å². The predicted octanol–water partition coefficient (Wildman–Crippen LogP) is 3.03. The third-order valence-electron chi connectivity index (χ3n) is 2.62. The van der Waals surface area contributed by atoms with Crippen molar-refractivity contribution in [1.29, 1.82) is 0 Å². The first-order valence-electron chi connectivity index (χ1n) is 6.42. The van der Waals surface area contributed by atoms with E-state index in [1.165, 1.54) is 13.1 Å². The maximum atomic E-state index is 12.0. The molecular formula is C16H13ClN2O3. The van der Waals surface area contributed by atoms with E-state index in [0.29, 0.717) is 16.3 Å². The zero-order chi connectivity index (χ0) is 15.9. The van der Waals surface area contributed by atoms with Crippen molar-refractivity contribution >= 4 is 29.7 Å². The van der Waals surface area contributed by atoms with Crippen LogP contribution in [0.1, 0.15) is 22.8 Å². The standard InChI is InChI=1S/C16H13ClN2O3/c1-11(20)19-18-10-12-6-8-13(9-7-12)22-16(21)14-4-2-3-5-15(14)17/h2-10H,1H3,(H,19,20)/b18-10+. The van der Waals surface area contributed by atoms with Crippen molar-refractivity contribution in [1.82, 2.24) is 5.43 Å².